The zero-order valence-electron chi connectivity index (χ0n) is 10.3. The Morgan fingerprint density at radius 1 is 1.22 bits per heavy atom. The molecular weight excluding hydrogens is 303 g/mol. The van der Waals surface area contributed by atoms with Crippen LogP contribution >= 0.6 is 24.8 Å². The van der Waals surface area contributed by atoms with E-state index in [1.807, 2.05) is 19.1 Å². The zero-order valence-corrected chi connectivity index (χ0v) is 13.5. The Hall–Kier alpha value is -0.206. The second kappa shape index (κ2) is 10.7. The molecule has 1 aliphatic carbocycles. The molecule has 0 fully saturated rings. The van der Waals surface area contributed by atoms with Crippen molar-refractivity contribution in [3.05, 3.63) is 53.6 Å². The van der Waals surface area contributed by atoms with Crippen LogP contribution in [0.5, 0.6) is 5.75 Å². The van der Waals surface area contributed by atoms with Gasteiger partial charge in [-0.2, -0.15) is 6.08 Å². The summed E-state index contributed by atoms with van der Waals surface area (Å²) in [7, 11) is 0. The van der Waals surface area contributed by atoms with Crippen LogP contribution in [0.15, 0.2) is 42.0 Å². The predicted octanol–water partition coefficient (Wildman–Crippen LogP) is 4.16. The van der Waals surface area contributed by atoms with Gasteiger partial charge in [0, 0.05) is 21.7 Å². The van der Waals surface area contributed by atoms with Gasteiger partial charge in [-0.15, -0.1) is 31.2 Å². The number of halogens is 2. The molecule has 0 aromatic heterocycles. The van der Waals surface area contributed by atoms with Crippen molar-refractivity contribution >= 4 is 24.8 Å². The molecule has 0 aliphatic heterocycles. The number of benzene rings is 1. The Balaban J connectivity index is 0. The molecule has 0 unspecified atom stereocenters. The topological polar surface area (TPSA) is 9.23 Å². The number of hydrogen-bond acceptors (Lipinski definition) is 1. The number of hydrogen-bond donors (Lipinski definition) is 0. The van der Waals surface area contributed by atoms with Crippen molar-refractivity contribution in [2.45, 2.75) is 19.8 Å². The van der Waals surface area contributed by atoms with Gasteiger partial charge >= 0.3 is 0 Å². The van der Waals surface area contributed by atoms with E-state index in [-0.39, 0.29) is 46.5 Å². The van der Waals surface area contributed by atoms with Crippen LogP contribution in [0.2, 0.25) is 0 Å². The summed E-state index contributed by atoms with van der Waals surface area (Å²) < 4.78 is 5.58. The number of allylic oxidation sites excluding steroid dienone is 4. The number of rotatable bonds is 4. The summed E-state index contributed by atoms with van der Waals surface area (Å²) in [6.45, 7) is 2.73. The normalized spacial score (nSPS) is 11.7. The molecule has 98 valence electrons. The van der Waals surface area contributed by atoms with Crippen LogP contribution in [0, 0.1) is 6.08 Å². The first kappa shape index (κ1) is 20.1. The van der Waals surface area contributed by atoms with Gasteiger partial charge in [0.25, 0.3) is 0 Å². The molecule has 0 heterocycles. The Bertz CT molecular complexity index is 403. The standard InChI is InChI=1S/C14H15O.2ClH.Ti/c1-2-15-14-10-6-5-9-13(14)11-12-7-3-4-8-12;;;/h3,5-7,9-10H,2,4,11H2,1H3;2*1H;/q-1;;;. The Kier molecular flexibility index (Phi) is 12.0. The quantitative estimate of drug-likeness (QED) is 0.598. The first-order valence-corrected chi connectivity index (χ1v) is 5.37. The van der Waals surface area contributed by atoms with Crippen LogP contribution in [0.1, 0.15) is 18.9 Å². The summed E-state index contributed by atoms with van der Waals surface area (Å²) in [6.07, 6.45) is 9.48. The van der Waals surface area contributed by atoms with E-state index in [2.05, 4.69) is 30.4 Å². The van der Waals surface area contributed by atoms with Gasteiger partial charge in [0.15, 0.2) is 0 Å². The number of ether oxygens (including phenoxy) is 1. The number of para-hydroxylation sites is 1. The van der Waals surface area contributed by atoms with Crippen LogP contribution in [-0.4, -0.2) is 6.61 Å². The van der Waals surface area contributed by atoms with Gasteiger partial charge in [-0.3, -0.25) is 6.08 Å². The van der Waals surface area contributed by atoms with E-state index in [1.54, 1.807) is 0 Å². The molecule has 2 rings (SSSR count). The third-order valence-corrected chi connectivity index (χ3v) is 2.42. The molecule has 1 aliphatic rings. The van der Waals surface area contributed by atoms with Gasteiger partial charge in [-0.25, -0.2) is 11.6 Å². The van der Waals surface area contributed by atoms with Gasteiger partial charge in [0.1, 0.15) is 5.75 Å². The minimum atomic E-state index is 0. The maximum Gasteiger partial charge on any atom is 0.122 e. The van der Waals surface area contributed by atoms with E-state index in [0.717, 1.165) is 25.2 Å². The fraction of sp³-hybridized carbons (Fsp3) is 0.286. The maximum atomic E-state index is 5.58. The van der Waals surface area contributed by atoms with Crippen molar-refractivity contribution in [2.75, 3.05) is 6.61 Å². The molecule has 1 aromatic rings. The SMILES string of the molecule is CCOc1ccccc1CC1=[C-]CC=C1.Cl.Cl.[Ti]. The first-order valence-electron chi connectivity index (χ1n) is 5.37. The average molecular weight is 320 g/mol. The summed E-state index contributed by atoms with van der Waals surface area (Å²) in [5, 5.41) is 0. The summed E-state index contributed by atoms with van der Waals surface area (Å²) in [4.78, 5) is 0. The molecule has 1 nitrogen and oxygen atoms in total. The molecule has 0 spiro atoms. The van der Waals surface area contributed by atoms with Crippen LogP contribution in [0.3, 0.4) is 0 Å². The molecule has 0 amide bonds. The van der Waals surface area contributed by atoms with Crippen LogP contribution in [0.25, 0.3) is 0 Å². The van der Waals surface area contributed by atoms with E-state index in [0.29, 0.717) is 0 Å². The molecule has 18 heavy (non-hydrogen) atoms. The second-order valence-corrected chi connectivity index (χ2v) is 3.53. The monoisotopic (exact) mass is 319 g/mol. The summed E-state index contributed by atoms with van der Waals surface area (Å²) in [5.41, 5.74) is 2.51. The fourth-order valence-electron chi connectivity index (χ4n) is 1.72. The summed E-state index contributed by atoms with van der Waals surface area (Å²) in [6, 6.07) is 8.21. The van der Waals surface area contributed by atoms with Crippen LogP contribution in [-0.2, 0) is 28.1 Å². The van der Waals surface area contributed by atoms with E-state index in [9.17, 15) is 0 Å². The van der Waals surface area contributed by atoms with Gasteiger partial charge in [-0.05, 0) is 25.0 Å². The smallest absolute Gasteiger partial charge is 0.122 e. The maximum absolute atomic E-state index is 5.58. The molecule has 0 saturated heterocycles. The van der Waals surface area contributed by atoms with Gasteiger partial charge in [0.05, 0.1) is 6.61 Å². The predicted molar refractivity (Wildman–Crippen MR) is 76.3 cm³/mol. The van der Waals surface area contributed by atoms with Crippen molar-refractivity contribution in [2.24, 2.45) is 0 Å². The molecule has 1 aromatic carbocycles. The Labute approximate surface area is 136 Å². The zero-order chi connectivity index (χ0) is 10.5. The van der Waals surface area contributed by atoms with Crippen molar-refractivity contribution in [3.63, 3.8) is 0 Å². The Morgan fingerprint density at radius 3 is 2.56 bits per heavy atom. The molecular formula is C14H17Cl2OTi-. The van der Waals surface area contributed by atoms with E-state index >= 15 is 0 Å². The van der Waals surface area contributed by atoms with Crippen molar-refractivity contribution in [1.29, 1.82) is 0 Å². The molecule has 0 bridgehead atoms. The van der Waals surface area contributed by atoms with Crippen molar-refractivity contribution < 1.29 is 26.5 Å². The van der Waals surface area contributed by atoms with Crippen molar-refractivity contribution in [1.82, 2.24) is 0 Å². The third kappa shape index (κ3) is 5.62. The Morgan fingerprint density at radius 2 is 1.94 bits per heavy atom. The van der Waals surface area contributed by atoms with Crippen molar-refractivity contribution in [3.8, 4) is 5.75 Å². The van der Waals surface area contributed by atoms with Crippen LogP contribution in [0.4, 0.5) is 0 Å². The minimum absolute atomic E-state index is 0. The van der Waals surface area contributed by atoms with E-state index in [1.165, 1.54) is 11.1 Å². The van der Waals surface area contributed by atoms with E-state index in [4.69, 9.17) is 4.74 Å². The van der Waals surface area contributed by atoms with Crippen LogP contribution < -0.4 is 4.74 Å². The second-order valence-electron chi connectivity index (χ2n) is 3.53. The van der Waals surface area contributed by atoms with Gasteiger partial charge in [0.2, 0.25) is 0 Å². The first-order chi connectivity index (χ1) is 7.40. The molecule has 0 atom stereocenters. The summed E-state index contributed by atoms with van der Waals surface area (Å²) >= 11 is 0. The molecule has 0 radical (unpaired) electrons. The largest absolute Gasteiger partial charge is 0.494 e. The third-order valence-electron chi connectivity index (χ3n) is 2.42. The molecule has 0 N–H and O–H groups in total. The summed E-state index contributed by atoms with van der Waals surface area (Å²) in [5.74, 6) is 0.995. The molecule has 0 saturated carbocycles. The van der Waals surface area contributed by atoms with E-state index < -0.39 is 0 Å². The van der Waals surface area contributed by atoms with Gasteiger partial charge < -0.3 is 4.74 Å². The molecule has 4 heteroatoms. The fourth-order valence-corrected chi connectivity index (χ4v) is 1.72. The van der Waals surface area contributed by atoms with Gasteiger partial charge in [-0.1, -0.05) is 18.2 Å². The average Bonchev–Trinajstić information content (AvgIpc) is 2.74. The minimum Gasteiger partial charge on any atom is -0.494 e.